The van der Waals surface area contributed by atoms with E-state index in [2.05, 4.69) is 9.46 Å². The van der Waals surface area contributed by atoms with Crippen molar-refractivity contribution in [1.82, 2.24) is 0 Å². The maximum Gasteiger partial charge on any atom is 0.337 e. The van der Waals surface area contributed by atoms with E-state index in [9.17, 15) is 13.2 Å². The van der Waals surface area contributed by atoms with Gasteiger partial charge in [0.2, 0.25) is 10.0 Å². The molecule has 0 heterocycles. The van der Waals surface area contributed by atoms with Crippen LogP contribution in [0.1, 0.15) is 27.0 Å². The van der Waals surface area contributed by atoms with E-state index in [0.717, 1.165) is 11.1 Å². The third-order valence-corrected chi connectivity index (χ3v) is 4.49. The van der Waals surface area contributed by atoms with E-state index in [1.54, 1.807) is 36.4 Å². The van der Waals surface area contributed by atoms with E-state index in [1.807, 2.05) is 19.9 Å². The summed E-state index contributed by atoms with van der Waals surface area (Å²) in [5.41, 5.74) is 3.51. The van der Waals surface area contributed by atoms with Crippen LogP contribution in [0.15, 0.2) is 42.5 Å². The van der Waals surface area contributed by atoms with Crippen LogP contribution in [-0.4, -0.2) is 21.5 Å². The topological polar surface area (TPSA) is 72.5 Å². The lowest BCUT2D eigenvalue weighted by Gasteiger charge is -2.10. The number of rotatable bonds is 5. The maximum atomic E-state index is 12.3. The molecule has 0 unspecified atom stereocenters. The van der Waals surface area contributed by atoms with Crippen molar-refractivity contribution < 1.29 is 17.9 Å². The minimum Gasteiger partial charge on any atom is -0.465 e. The molecule has 0 spiro atoms. The fraction of sp³-hybridized carbons (Fsp3) is 0.235. The van der Waals surface area contributed by atoms with Crippen LogP contribution >= 0.6 is 0 Å². The van der Waals surface area contributed by atoms with Crippen LogP contribution in [0.25, 0.3) is 0 Å². The predicted molar refractivity (Wildman–Crippen MR) is 89.9 cm³/mol. The Bertz CT molecular complexity index is 791. The number of ether oxygens (including phenoxy) is 1. The molecule has 1 N–H and O–H groups in total. The second-order valence-electron chi connectivity index (χ2n) is 5.43. The van der Waals surface area contributed by atoms with Crippen LogP contribution in [0.4, 0.5) is 5.69 Å². The highest BCUT2D eigenvalue weighted by atomic mass is 32.2. The van der Waals surface area contributed by atoms with Gasteiger partial charge in [-0.15, -0.1) is 0 Å². The average Bonchev–Trinajstić information content (AvgIpc) is 2.45. The van der Waals surface area contributed by atoms with Gasteiger partial charge in [0, 0.05) is 5.69 Å². The Kier molecular flexibility index (Phi) is 5.05. The number of sulfonamides is 1. The average molecular weight is 333 g/mol. The van der Waals surface area contributed by atoms with Gasteiger partial charge < -0.3 is 4.74 Å². The van der Waals surface area contributed by atoms with Crippen LogP contribution in [0.3, 0.4) is 0 Å². The fourth-order valence-corrected chi connectivity index (χ4v) is 3.50. The first-order valence-corrected chi connectivity index (χ1v) is 8.70. The Morgan fingerprint density at radius 3 is 2.13 bits per heavy atom. The quantitative estimate of drug-likeness (QED) is 0.854. The van der Waals surface area contributed by atoms with Gasteiger partial charge in [-0.2, -0.15) is 0 Å². The molecule has 0 amide bonds. The molecule has 0 aliphatic rings. The molecule has 0 aliphatic carbocycles. The Hall–Kier alpha value is -2.34. The number of benzene rings is 2. The van der Waals surface area contributed by atoms with Gasteiger partial charge in [-0.05, 0) is 54.8 Å². The summed E-state index contributed by atoms with van der Waals surface area (Å²) in [5, 5.41) is 0. The SMILES string of the molecule is COC(=O)c1ccc(CS(=O)(=O)Nc2cc(C)cc(C)c2)cc1. The molecular formula is C17H19NO4S. The third kappa shape index (κ3) is 4.82. The molecule has 0 aliphatic heterocycles. The zero-order valence-electron chi connectivity index (χ0n) is 13.3. The lowest BCUT2D eigenvalue weighted by molar-refractivity contribution is 0.0600. The van der Waals surface area contributed by atoms with E-state index in [0.29, 0.717) is 16.8 Å². The highest BCUT2D eigenvalue weighted by molar-refractivity contribution is 7.91. The number of carbonyl (C=O) groups excluding carboxylic acids is 1. The van der Waals surface area contributed by atoms with Crippen LogP contribution in [-0.2, 0) is 20.5 Å². The van der Waals surface area contributed by atoms with Gasteiger partial charge in [-0.3, -0.25) is 4.72 Å². The molecule has 2 aromatic carbocycles. The van der Waals surface area contributed by atoms with Crippen molar-refractivity contribution in [2.75, 3.05) is 11.8 Å². The monoisotopic (exact) mass is 333 g/mol. The number of nitrogens with one attached hydrogen (secondary N) is 1. The lowest BCUT2D eigenvalue weighted by Crippen LogP contribution is -2.15. The highest BCUT2D eigenvalue weighted by Crippen LogP contribution is 2.17. The molecule has 0 saturated carbocycles. The first kappa shape index (κ1) is 17.0. The van der Waals surface area contributed by atoms with Crippen molar-refractivity contribution in [1.29, 1.82) is 0 Å². The van der Waals surface area contributed by atoms with Crippen LogP contribution < -0.4 is 4.72 Å². The fourth-order valence-electron chi connectivity index (χ4n) is 2.32. The summed E-state index contributed by atoms with van der Waals surface area (Å²) in [6.45, 7) is 3.83. The first-order chi connectivity index (χ1) is 10.8. The van der Waals surface area contributed by atoms with Crippen LogP contribution in [0, 0.1) is 13.8 Å². The molecule has 0 radical (unpaired) electrons. The van der Waals surface area contributed by atoms with E-state index in [-0.39, 0.29) is 5.75 Å². The van der Waals surface area contributed by atoms with Crippen LogP contribution in [0.5, 0.6) is 0 Å². The van der Waals surface area contributed by atoms with Gasteiger partial charge in [-0.25, -0.2) is 13.2 Å². The van der Waals surface area contributed by atoms with Crippen molar-refractivity contribution in [2.24, 2.45) is 0 Å². The standard InChI is InChI=1S/C17H19NO4S/c1-12-8-13(2)10-16(9-12)18-23(20,21)11-14-4-6-15(7-5-14)17(19)22-3/h4-10,18H,11H2,1-3H3. The van der Waals surface area contributed by atoms with E-state index in [4.69, 9.17) is 0 Å². The number of aryl methyl sites for hydroxylation is 2. The van der Waals surface area contributed by atoms with Gasteiger partial charge in [0.1, 0.15) is 0 Å². The molecule has 0 aromatic heterocycles. The number of anilines is 1. The summed E-state index contributed by atoms with van der Waals surface area (Å²) in [6.07, 6.45) is 0. The predicted octanol–water partition coefficient (Wildman–Crippen LogP) is 3.03. The largest absolute Gasteiger partial charge is 0.465 e. The van der Waals surface area contributed by atoms with Gasteiger partial charge in [0.25, 0.3) is 0 Å². The number of esters is 1. The summed E-state index contributed by atoms with van der Waals surface area (Å²) >= 11 is 0. The van der Waals surface area contributed by atoms with Crippen molar-refractivity contribution in [2.45, 2.75) is 19.6 Å². The third-order valence-electron chi connectivity index (χ3n) is 3.23. The van der Waals surface area contributed by atoms with Gasteiger partial charge in [0.05, 0.1) is 18.4 Å². The summed E-state index contributed by atoms with van der Waals surface area (Å²) < 4.78 is 31.7. The minimum absolute atomic E-state index is 0.165. The zero-order chi connectivity index (χ0) is 17.0. The number of hydrogen-bond donors (Lipinski definition) is 1. The molecule has 122 valence electrons. The van der Waals surface area contributed by atoms with Gasteiger partial charge in [0.15, 0.2) is 0 Å². The van der Waals surface area contributed by atoms with Crippen molar-refractivity contribution >= 4 is 21.7 Å². The Morgan fingerprint density at radius 2 is 1.61 bits per heavy atom. The van der Waals surface area contributed by atoms with Crippen molar-refractivity contribution in [3.8, 4) is 0 Å². The first-order valence-electron chi connectivity index (χ1n) is 7.05. The summed E-state index contributed by atoms with van der Waals surface area (Å²) in [6, 6.07) is 11.8. The lowest BCUT2D eigenvalue weighted by atomic mass is 10.1. The molecule has 2 aromatic rings. The molecule has 0 bridgehead atoms. The van der Waals surface area contributed by atoms with Gasteiger partial charge >= 0.3 is 5.97 Å². The van der Waals surface area contributed by atoms with Crippen molar-refractivity contribution in [3.05, 3.63) is 64.7 Å². The molecule has 2 rings (SSSR count). The van der Waals surface area contributed by atoms with E-state index >= 15 is 0 Å². The summed E-state index contributed by atoms with van der Waals surface area (Å²) in [7, 11) is -2.23. The Balaban J connectivity index is 2.13. The maximum absolute atomic E-state index is 12.3. The number of carbonyl (C=O) groups is 1. The molecule has 0 fully saturated rings. The normalized spacial score (nSPS) is 11.1. The summed E-state index contributed by atoms with van der Waals surface area (Å²) in [5.74, 6) is -0.616. The molecule has 0 saturated heterocycles. The zero-order valence-corrected chi connectivity index (χ0v) is 14.1. The Labute approximate surface area is 136 Å². The molecule has 6 heteroatoms. The smallest absolute Gasteiger partial charge is 0.337 e. The number of methoxy groups -OCH3 is 1. The molecule has 0 atom stereocenters. The van der Waals surface area contributed by atoms with Crippen LogP contribution in [0.2, 0.25) is 0 Å². The van der Waals surface area contributed by atoms with E-state index in [1.165, 1.54) is 7.11 Å². The van der Waals surface area contributed by atoms with E-state index < -0.39 is 16.0 Å². The molecule has 5 nitrogen and oxygen atoms in total. The molecule has 23 heavy (non-hydrogen) atoms. The second kappa shape index (κ2) is 6.83. The minimum atomic E-state index is -3.53. The highest BCUT2D eigenvalue weighted by Gasteiger charge is 2.13. The number of hydrogen-bond acceptors (Lipinski definition) is 4. The second-order valence-corrected chi connectivity index (χ2v) is 7.15. The Morgan fingerprint density at radius 1 is 1.04 bits per heavy atom. The van der Waals surface area contributed by atoms with Gasteiger partial charge in [-0.1, -0.05) is 18.2 Å². The van der Waals surface area contributed by atoms with Crippen molar-refractivity contribution in [3.63, 3.8) is 0 Å². The summed E-state index contributed by atoms with van der Waals surface area (Å²) in [4.78, 5) is 11.4. The molecular weight excluding hydrogens is 314 g/mol.